The van der Waals surface area contributed by atoms with Crippen LogP contribution in [0.15, 0.2) is 6.33 Å². The van der Waals surface area contributed by atoms with Crippen LogP contribution in [0.3, 0.4) is 0 Å². The molecule has 6 nitrogen and oxygen atoms in total. The van der Waals surface area contributed by atoms with Gasteiger partial charge < -0.3 is 14.0 Å². The van der Waals surface area contributed by atoms with Crippen molar-refractivity contribution in [3.8, 4) is 5.88 Å². The number of hydrogen-bond donors (Lipinski definition) is 0. The summed E-state index contributed by atoms with van der Waals surface area (Å²) in [5, 5.41) is 0. The number of rotatable bonds is 7. The minimum atomic E-state index is 0.169. The van der Waals surface area contributed by atoms with E-state index >= 15 is 0 Å². The van der Waals surface area contributed by atoms with E-state index in [0.717, 1.165) is 17.9 Å². The van der Waals surface area contributed by atoms with Crippen molar-refractivity contribution in [3.63, 3.8) is 0 Å². The zero-order valence-corrected chi connectivity index (χ0v) is 12.7. The second-order valence-electron chi connectivity index (χ2n) is 4.41. The molecule has 110 valence electrons. The van der Waals surface area contributed by atoms with Gasteiger partial charge in [-0.2, -0.15) is 4.98 Å². The quantitative estimate of drug-likeness (QED) is 0.733. The second-order valence-corrected chi connectivity index (χ2v) is 4.79. The molecule has 7 heteroatoms. The number of methoxy groups -OCH3 is 2. The molecule has 0 N–H and O–H groups in total. The van der Waals surface area contributed by atoms with Gasteiger partial charge in [0.2, 0.25) is 5.88 Å². The Balaban J connectivity index is 2.61. The number of halogens is 1. The largest absolute Gasteiger partial charge is 0.479 e. The van der Waals surface area contributed by atoms with Gasteiger partial charge in [-0.3, -0.25) is 0 Å². The maximum atomic E-state index is 5.88. The van der Waals surface area contributed by atoms with Crippen LogP contribution in [0.4, 0.5) is 0 Å². The van der Waals surface area contributed by atoms with Gasteiger partial charge in [0, 0.05) is 19.4 Å². The van der Waals surface area contributed by atoms with E-state index in [1.54, 1.807) is 14.2 Å². The number of imidazole rings is 1. The Labute approximate surface area is 123 Å². The number of fused-ring (bicyclic) bond motifs is 1. The van der Waals surface area contributed by atoms with Crippen molar-refractivity contribution >= 4 is 22.8 Å². The molecule has 20 heavy (non-hydrogen) atoms. The summed E-state index contributed by atoms with van der Waals surface area (Å²) in [4.78, 5) is 13.0. The van der Waals surface area contributed by atoms with Crippen LogP contribution in [-0.4, -0.2) is 46.2 Å². The van der Waals surface area contributed by atoms with E-state index in [-0.39, 0.29) is 6.04 Å². The standard InChI is InChI=1S/C13H19ClN4O2/c1-4-9(7-19-2)18-10(5-6-14)17-11-12(18)15-8-16-13(11)20-3/h8-9H,4-7H2,1-3H3. The minimum absolute atomic E-state index is 0.169. The highest BCUT2D eigenvalue weighted by Crippen LogP contribution is 2.26. The molecule has 0 spiro atoms. The third-order valence-electron chi connectivity index (χ3n) is 3.22. The second kappa shape index (κ2) is 6.85. The summed E-state index contributed by atoms with van der Waals surface area (Å²) in [5.41, 5.74) is 1.44. The van der Waals surface area contributed by atoms with Crippen molar-refractivity contribution in [2.24, 2.45) is 0 Å². The van der Waals surface area contributed by atoms with Crippen molar-refractivity contribution in [1.82, 2.24) is 19.5 Å². The van der Waals surface area contributed by atoms with Gasteiger partial charge in [0.15, 0.2) is 11.2 Å². The van der Waals surface area contributed by atoms with Crippen LogP contribution in [0.25, 0.3) is 11.2 Å². The molecule has 1 unspecified atom stereocenters. The summed E-state index contributed by atoms with van der Waals surface area (Å²) < 4.78 is 12.6. The summed E-state index contributed by atoms with van der Waals surface area (Å²) in [5.74, 6) is 1.87. The summed E-state index contributed by atoms with van der Waals surface area (Å²) in [6.07, 6.45) is 3.07. The first-order valence-electron chi connectivity index (χ1n) is 6.57. The number of aryl methyl sites for hydroxylation is 1. The molecule has 2 heterocycles. The average Bonchev–Trinajstić information content (AvgIpc) is 2.83. The van der Waals surface area contributed by atoms with Crippen molar-refractivity contribution in [1.29, 1.82) is 0 Å². The van der Waals surface area contributed by atoms with Crippen LogP contribution < -0.4 is 4.74 Å². The third kappa shape index (κ3) is 2.71. The lowest BCUT2D eigenvalue weighted by Gasteiger charge is -2.18. The van der Waals surface area contributed by atoms with Gasteiger partial charge >= 0.3 is 0 Å². The Kier molecular flexibility index (Phi) is 5.14. The lowest BCUT2D eigenvalue weighted by atomic mass is 10.2. The SMILES string of the molecule is CCC(COC)n1c(CCCl)nc2c(OC)ncnc21. The Morgan fingerprint density at radius 2 is 2.15 bits per heavy atom. The molecule has 0 bridgehead atoms. The van der Waals surface area contributed by atoms with Crippen LogP contribution in [-0.2, 0) is 11.2 Å². The van der Waals surface area contributed by atoms with E-state index in [1.165, 1.54) is 6.33 Å². The molecule has 0 saturated heterocycles. The fourth-order valence-electron chi connectivity index (χ4n) is 2.29. The molecule has 0 radical (unpaired) electrons. The summed E-state index contributed by atoms with van der Waals surface area (Å²) >= 11 is 5.88. The third-order valence-corrected chi connectivity index (χ3v) is 3.41. The van der Waals surface area contributed by atoms with Crippen LogP contribution in [0.2, 0.25) is 0 Å². The predicted octanol–water partition coefficient (Wildman–Crippen LogP) is 2.21. The summed E-state index contributed by atoms with van der Waals surface area (Å²) in [7, 11) is 3.27. The van der Waals surface area contributed by atoms with Crippen LogP contribution >= 0.6 is 11.6 Å². The molecule has 0 saturated carbocycles. The van der Waals surface area contributed by atoms with Gasteiger partial charge in [0.05, 0.1) is 19.8 Å². The van der Waals surface area contributed by atoms with E-state index in [0.29, 0.717) is 30.3 Å². The van der Waals surface area contributed by atoms with Crippen molar-refractivity contribution in [2.45, 2.75) is 25.8 Å². The molecule has 0 fully saturated rings. The monoisotopic (exact) mass is 298 g/mol. The highest BCUT2D eigenvalue weighted by molar-refractivity contribution is 6.17. The topological polar surface area (TPSA) is 62.1 Å². The van der Waals surface area contributed by atoms with E-state index < -0.39 is 0 Å². The molecular weight excluding hydrogens is 280 g/mol. The number of ether oxygens (including phenoxy) is 2. The first kappa shape index (κ1) is 15.0. The van der Waals surface area contributed by atoms with Gasteiger partial charge in [-0.15, -0.1) is 11.6 Å². The summed E-state index contributed by atoms with van der Waals surface area (Å²) in [6, 6.07) is 0.169. The zero-order chi connectivity index (χ0) is 14.5. The van der Waals surface area contributed by atoms with Crippen LogP contribution in [0, 0.1) is 0 Å². The normalized spacial score (nSPS) is 12.8. The molecule has 0 aromatic carbocycles. The highest BCUT2D eigenvalue weighted by atomic mass is 35.5. The Hall–Kier alpha value is -1.40. The lowest BCUT2D eigenvalue weighted by molar-refractivity contribution is 0.153. The summed E-state index contributed by atoms with van der Waals surface area (Å²) in [6.45, 7) is 2.71. The van der Waals surface area contributed by atoms with Gasteiger partial charge in [-0.25, -0.2) is 9.97 Å². The minimum Gasteiger partial charge on any atom is -0.479 e. The molecule has 0 aliphatic rings. The van der Waals surface area contributed by atoms with E-state index in [1.807, 2.05) is 0 Å². The maximum Gasteiger partial charge on any atom is 0.245 e. The highest BCUT2D eigenvalue weighted by Gasteiger charge is 2.21. The molecular formula is C13H19ClN4O2. The molecule has 0 amide bonds. The fraction of sp³-hybridized carbons (Fsp3) is 0.615. The molecule has 2 rings (SSSR count). The van der Waals surface area contributed by atoms with E-state index in [4.69, 9.17) is 21.1 Å². The first-order valence-corrected chi connectivity index (χ1v) is 7.10. The molecule has 0 aliphatic heterocycles. The smallest absolute Gasteiger partial charge is 0.245 e. The van der Waals surface area contributed by atoms with Crippen molar-refractivity contribution in [2.75, 3.05) is 26.7 Å². The Morgan fingerprint density at radius 3 is 2.75 bits per heavy atom. The molecule has 0 aliphatic carbocycles. The number of hydrogen-bond acceptors (Lipinski definition) is 5. The van der Waals surface area contributed by atoms with Crippen LogP contribution in [0.1, 0.15) is 25.2 Å². The van der Waals surface area contributed by atoms with E-state index in [9.17, 15) is 0 Å². The molecule has 1 atom stereocenters. The van der Waals surface area contributed by atoms with Gasteiger partial charge in [0.1, 0.15) is 12.2 Å². The number of nitrogens with zero attached hydrogens (tertiary/aromatic N) is 4. The van der Waals surface area contributed by atoms with Gasteiger partial charge in [0.25, 0.3) is 0 Å². The van der Waals surface area contributed by atoms with Crippen LogP contribution in [0.5, 0.6) is 5.88 Å². The average molecular weight is 299 g/mol. The fourth-order valence-corrected chi connectivity index (χ4v) is 2.46. The molecule has 2 aromatic rings. The number of aromatic nitrogens is 4. The zero-order valence-electron chi connectivity index (χ0n) is 12.0. The first-order chi connectivity index (χ1) is 9.76. The Bertz CT molecular complexity index is 573. The Morgan fingerprint density at radius 1 is 1.35 bits per heavy atom. The predicted molar refractivity (Wildman–Crippen MR) is 77.5 cm³/mol. The number of alkyl halides is 1. The van der Waals surface area contributed by atoms with E-state index in [2.05, 4.69) is 26.4 Å². The van der Waals surface area contributed by atoms with Gasteiger partial charge in [-0.1, -0.05) is 6.92 Å². The van der Waals surface area contributed by atoms with Gasteiger partial charge in [-0.05, 0) is 6.42 Å². The van der Waals surface area contributed by atoms with Crippen molar-refractivity contribution in [3.05, 3.63) is 12.2 Å². The maximum absolute atomic E-state index is 5.88. The molecule has 2 aromatic heterocycles. The van der Waals surface area contributed by atoms with Crippen molar-refractivity contribution < 1.29 is 9.47 Å². The lowest BCUT2D eigenvalue weighted by Crippen LogP contribution is -2.17.